The van der Waals surface area contributed by atoms with E-state index in [-0.39, 0.29) is 24.5 Å². The van der Waals surface area contributed by atoms with Crippen LogP contribution in [0.1, 0.15) is 19.8 Å². The number of hydrogen-bond donors (Lipinski definition) is 1. The molecule has 0 bridgehead atoms. The Balaban J connectivity index is 1.95. The number of amides is 2. The van der Waals surface area contributed by atoms with E-state index in [9.17, 15) is 24.3 Å². The lowest BCUT2D eigenvalue weighted by Gasteiger charge is -2.31. The molecule has 10 heteroatoms. The molecule has 0 aromatic heterocycles. The number of anilines is 1. The molecule has 1 aromatic carbocycles. The van der Waals surface area contributed by atoms with Crippen LogP contribution in [0, 0.1) is 0 Å². The summed E-state index contributed by atoms with van der Waals surface area (Å²) in [5, 5.41) is 10.3. The fourth-order valence-corrected chi connectivity index (χ4v) is 3.26. The Hall–Kier alpha value is -2.65. The van der Waals surface area contributed by atoms with E-state index in [0.717, 1.165) is 4.90 Å². The van der Waals surface area contributed by atoms with E-state index in [2.05, 4.69) is 0 Å². The minimum atomic E-state index is -2.23. The van der Waals surface area contributed by atoms with Crippen molar-refractivity contribution in [2.45, 2.75) is 31.5 Å². The molecule has 2 atom stereocenters. The monoisotopic (exact) mass is 382 g/mol. The lowest BCUT2D eigenvalue weighted by Crippen LogP contribution is -2.57. The lowest BCUT2D eigenvalue weighted by atomic mass is 10.1. The number of esters is 1. The highest BCUT2D eigenvalue weighted by Gasteiger charge is 2.60. The summed E-state index contributed by atoms with van der Waals surface area (Å²) in [4.78, 5) is 54.5. The van der Waals surface area contributed by atoms with Crippen LogP contribution in [0.4, 0.5) is 5.69 Å². The number of carbonyl (C=O) groups is 4. The maximum Gasteiger partial charge on any atom is 0.372 e. The van der Waals surface area contributed by atoms with E-state index in [4.69, 9.17) is 21.2 Å². The highest BCUT2D eigenvalue weighted by atomic mass is 35.5. The normalized spacial score (nSPS) is 25.3. The predicted molar refractivity (Wildman–Crippen MR) is 86.9 cm³/mol. The number of nitrogens with zero attached hydrogens (tertiary/aromatic N) is 2. The number of rotatable bonds is 4. The number of hydrogen-bond acceptors (Lipinski definition) is 6. The van der Waals surface area contributed by atoms with Crippen LogP contribution < -0.4 is 4.90 Å². The molecule has 1 N–H and O–H groups in total. The van der Waals surface area contributed by atoms with Crippen molar-refractivity contribution < 1.29 is 33.9 Å². The molecule has 0 radical (unpaired) electrons. The molecule has 0 spiro atoms. The molecule has 2 aliphatic heterocycles. The van der Waals surface area contributed by atoms with Crippen molar-refractivity contribution in [3.05, 3.63) is 29.3 Å². The van der Waals surface area contributed by atoms with Gasteiger partial charge in [-0.3, -0.25) is 24.1 Å². The Morgan fingerprint density at radius 1 is 1.35 bits per heavy atom. The number of carboxylic acids is 1. The Morgan fingerprint density at radius 2 is 2.04 bits per heavy atom. The zero-order chi connectivity index (χ0) is 19.1. The molecule has 0 saturated carbocycles. The fraction of sp³-hybridized carbons (Fsp3) is 0.375. The SMILES string of the molecule is CC(=O)N(c1ccccc1Cl)[C@H]1CON(C2(C(=O)O)CCC(=O)O2)C1=O. The van der Waals surface area contributed by atoms with Gasteiger partial charge in [-0.1, -0.05) is 23.7 Å². The molecular formula is C16H15ClN2O7. The van der Waals surface area contributed by atoms with Crippen molar-refractivity contribution in [2.75, 3.05) is 11.5 Å². The molecule has 1 aromatic rings. The third-order valence-corrected chi connectivity index (χ3v) is 4.54. The Bertz CT molecular complexity index is 799. The maximum absolute atomic E-state index is 12.8. The standard InChI is InChI=1S/C16H15ClN2O7/c1-9(20)18(11-5-3-2-4-10(11)17)12-8-25-19(14(12)22)16(15(23)24)7-6-13(21)26-16/h2-5,12H,6-8H2,1H3,(H,23,24)/t12-,16?/m0/s1. The number of aliphatic carboxylic acids is 1. The van der Waals surface area contributed by atoms with Crippen LogP contribution in [0.2, 0.25) is 5.02 Å². The van der Waals surface area contributed by atoms with E-state index in [1.165, 1.54) is 6.92 Å². The van der Waals surface area contributed by atoms with Gasteiger partial charge in [0.2, 0.25) is 5.91 Å². The van der Waals surface area contributed by atoms with Gasteiger partial charge in [0, 0.05) is 13.3 Å². The quantitative estimate of drug-likeness (QED) is 0.771. The number of hydroxylamine groups is 2. The third-order valence-electron chi connectivity index (χ3n) is 4.22. The van der Waals surface area contributed by atoms with E-state index in [1.54, 1.807) is 24.3 Å². The number of ether oxygens (including phenoxy) is 1. The van der Waals surface area contributed by atoms with Gasteiger partial charge < -0.3 is 9.84 Å². The second-order valence-electron chi connectivity index (χ2n) is 5.85. The summed E-state index contributed by atoms with van der Waals surface area (Å²) in [7, 11) is 0. The van der Waals surface area contributed by atoms with E-state index in [1.807, 2.05) is 0 Å². The van der Waals surface area contributed by atoms with Gasteiger partial charge in [-0.15, -0.1) is 0 Å². The summed E-state index contributed by atoms with van der Waals surface area (Å²) < 4.78 is 4.89. The van der Waals surface area contributed by atoms with Crippen molar-refractivity contribution in [1.29, 1.82) is 0 Å². The minimum absolute atomic E-state index is 0.162. The second kappa shape index (κ2) is 6.58. The zero-order valence-corrected chi connectivity index (χ0v) is 14.4. The summed E-state index contributed by atoms with van der Waals surface area (Å²) in [6, 6.07) is 5.29. The average molecular weight is 383 g/mol. The largest absolute Gasteiger partial charge is 0.477 e. The molecule has 0 aliphatic carbocycles. The van der Waals surface area contributed by atoms with Crippen LogP contribution in [0.3, 0.4) is 0 Å². The topological polar surface area (TPSA) is 113 Å². The van der Waals surface area contributed by atoms with Gasteiger partial charge in [-0.2, -0.15) is 5.06 Å². The van der Waals surface area contributed by atoms with E-state index < -0.39 is 35.5 Å². The first-order chi connectivity index (χ1) is 12.3. The number of cyclic esters (lactones) is 1. The Morgan fingerprint density at radius 3 is 2.58 bits per heavy atom. The molecule has 9 nitrogen and oxygen atoms in total. The van der Waals surface area contributed by atoms with Crippen LogP contribution in [-0.4, -0.2) is 52.3 Å². The summed E-state index contributed by atoms with van der Waals surface area (Å²) in [5.41, 5.74) is -1.94. The molecule has 2 heterocycles. The first-order valence-electron chi connectivity index (χ1n) is 7.74. The van der Waals surface area contributed by atoms with Crippen molar-refractivity contribution in [3.63, 3.8) is 0 Å². The van der Waals surface area contributed by atoms with Crippen LogP contribution in [-0.2, 0) is 28.8 Å². The van der Waals surface area contributed by atoms with Crippen LogP contribution in [0.25, 0.3) is 0 Å². The van der Waals surface area contributed by atoms with Crippen LogP contribution >= 0.6 is 11.6 Å². The third kappa shape index (κ3) is 2.78. The molecular weight excluding hydrogens is 368 g/mol. The predicted octanol–water partition coefficient (Wildman–Crippen LogP) is 0.953. The van der Waals surface area contributed by atoms with Crippen molar-refractivity contribution in [1.82, 2.24) is 5.06 Å². The molecule has 2 saturated heterocycles. The van der Waals surface area contributed by atoms with Gasteiger partial charge in [-0.25, -0.2) is 4.79 Å². The zero-order valence-electron chi connectivity index (χ0n) is 13.7. The van der Waals surface area contributed by atoms with E-state index >= 15 is 0 Å². The average Bonchev–Trinajstić information content (AvgIpc) is 3.14. The van der Waals surface area contributed by atoms with Gasteiger partial charge in [0.15, 0.2) is 0 Å². The fourth-order valence-electron chi connectivity index (χ4n) is 3.03. The number of carbonyl (C=O) groups excluding carboxylic acids is 3. The number of para-hydroxylation sites is 1. The van der Waals surface area contributed by atoms with Crippen molar-refractivity contribution in [2.24, 2.45) is 0 Å². The van der Waals surface area contributed by atoms with Gasteiger partial charge in [0.05, 0.1) is 17.1 Å². The highest BCUT2D eigenvalue weighted by molar-refractivity contribution is 6.34. The summed E-state index contributed by atoms with van der Waals surface area (Å²) >= 11 is 6.13. The molecule has 3 rings (SSSR count). The lowest BCUT2D eigenvalue weighted by molar-refractivity contribution is -0.256. The van der Waals surface area contributed by atoms with Gasteiger partial charge in [0.25, 0.3) is 5.91 Å². The molecule has 2 amide bonds. The molecule has 26 heavy (non-hydrogen) atoms. The number of halogens is 1. The first-order valence-corrected chi connectivity index (χ1v) is 8.12. The van der Waals surface area contributed by atoms with Gasteiger partial charge >= 0.3 is 17.7 Å². The first kappa shape index (κ1) is 18.2. The van der Waals surface area contributed by atoms with E-state index in [0.29, 0.717) is 10.8 Å². The minimum Gasteiger partial charge on any atom is -0.477 e. The molecule has 2 aliphatic rings. The Kier molecular flexibility index (Phi) is 4.59. The number of carboxylic acid groups (broad SMARTS) is 1. The van der Waals surface area contributed by atoms with Crippen molar-refractivity contribution >= 4 is 41.0 Å². The summed E-state index contributed by atoms with van der Waals surface area (Å²) in [6.07, 6.45) is -0.406. The summed E-state index contributed by atoms with van der Waals surface area (Å²) in [6.45, 7) is 0.956. The second-order valence-corrected chi connectivity index (χ2v) is 6.26. The Labute approximate surface area is 153 Å². The maximum atomic E-state index is 12.8. The highest BCUT2D eigenvalue weighted by Crippen LogP contribution is 2.36. The molecule has 1 unspecified atom stereocenters. The van der Waals surface area contributed by atoms with Gasteiger partial charge in [0.1, 0.15) is 12.6 Å². The number of benzene rings is 1. The van der Waals surface area contributed by atoms with Crippen molar-refractivity contribution in [3.8, 4) is 0 Å². The smallest absolute Gasteiger partial charge is 0.372 e. The molecule has 138 valence electrons. The van der Waals surface area contributed by atoms with Gasteiger partial charge in [-0.05, 0) is 12.1 Å². The summed E-state index contributed by atoms with van der Waals surface area (Å²) in [5.74, 6) is -3.56. The molecule has 2 fully saturated rings. The van der Waals surface area contributed by atoms with Crippen LogP contribution in [0.5, 0.6) is 0 Å². The van der Waals surface area contributed by atoms with Crippen LogP contribution in [0.15, 0.2) is 24.3 Å².